The van der Waals surface area contributed by atoms with Crippen molar-refractivity contribution in [2.24, 2.45) is 0 Å². The van der Waals surface area contributed by atoms with Crippen LogP contribution in [0.4, 0.5) is 11.6 Å². The topological polar surface area (TPSA) is 116 Å². The Morgan fingerprint density at radius 1 is 1.00 bits per heavy atom. The van der Waals surface area contributed by atoms with E-state index in [4.69, 9.17) is 8.83 Å². The minimum atomic E-state index is -0.717. The number of carbonyl (C=O) groups is 1. The van der Waals surface area contributed by atoms with E-state index in [9.17, 15) is 19.7 Å². The van der Waals surface area contributed by atoms with Crippen LogP contribution in [-0.2, 0) is 0 Å². The lowest BCUT2D eigenvalue weighted by molar-refractivity contribution is -0.402. The second-order valence-corrected chi connectivity index (χ2v) is 6.36. The van der Waals surface area contributed by atoms with E-state index in [1.807, 2.05) is 12.1 Å². The zero-order valence-corrected chi connectivity index (χ0v) is 15.2. The Bertz CT molecular complexity index is 1320. The largest absolute Gasteiger partial charge is 0.433 e. The van der Waals surface area contributed by atoms with Gasteiger partial charge in [0.25, 0.3) is 5.91 Å². The van der Waals surface area contributed by atoms with E-state index in [1.165, 1.54) is 6.07 Å². The lowest BCUT2D eigenvalue weighted by Crippen LogP contribution is -2.11. The first-order chi connectivity index (χ1) is 13.9. The maximum absolute atomic E-state index is 12.4. The molecule has 0 atom stereocenters. The second kappa shape index (κ2) is 7.08. The average Bonchev–Trinajstić information content (AvgIpc) is 3.19. The lowest BCUT2D eigenvalue weighted by Gasteiger charge is -2.09. The minimum absolute atomic E-state index is 0.173. The Morgan fingerprint density at radius 2 is 1.79 bits per heavy atom. The number of anilines is 1. The molecule has 2 aromatic carbocycles. The molecule has 2 heterocycles. The summed E-state index contributed by atoms with van der Waals surface area (Å²) < 4.78 is 10.3. The second-order valence-electron chi connectivity index (χ2n) is 6.36. The van der Waals surface area contributed by atoms with Crippen LogP contribution >= 0.6 is 0 Å². The van der Waals surface area contributed by atoms with Gasteiger partial charge in [0.05, 0.1) is 11.6 Å². The molecule has 2 aromatic heterocycles. The summed E-state index contributed by atoms with van der Waals surface area (Å²) in [6.07, 6.45) is 0. The van der Waals surface area contributed by atoms with Crippen molar-refractivity contribution in [3.63, 3.8) is 0 Å². The molecule has 0 bridgehead atoms. The molecule has 0 radical (unpaired) electrons. The van der Waals surface area contributed by atoms with Crippen LogP contribution in [0.5, 0.6) is 0 Å². The molecule has 0 saturated carbocycles. The third kappa shape index (κ3) is 3.51. The van der Waals surface area contributed by atoms with Crippen molar-refractivity contribution >= 4 is 28.4 Å². The highest BCUT2D eigenvalue weighted by Gasteiger charge is 2.18. The highest BCUT2D eigenvalue weighted by Crippen LogP contribution is 2.27. The number of carbonyl (C=O) groups excluding carboxylic acids is 1. The molecule has 4 aromatic rings. The van der Waals surface area contributed by atoms with Crippen LogP contribution < -0.4 is 10.9 Å². The Morgan fingerprint density at radius 3 is 2.52 bits per heavy atom. The fourth-order valence-corrected chi connectivity index (χ4v) is 3.03. The van der Waals surface area contributed by atoms with Crippen molar-refractivity contribution < 1.29 is 18.6 Å². The van der Waals surface area contributed by atoms with Gasteiger partial charge in [-0.3, -0.25) is 14.9 Å². The van der Waals surface area contributed by atoms with E-state index < -0.39 is 22.3 Å². The smallest absolute Gasteiger partial charge is 0.422 e. The average molecular weight is 390 g/mol. The number of nitro groups is 1. The highest BCUT2D eigenvalue weighted by atomic mass is 16.6. The van der Waals surface area contributed by atoms with Gasteiger partial charge in [0.2, 0.25) is 0 Å². The predicted octanol–water partition coefficient (Wildman–Crippen LogP) is 4.52. The Labute approximate surface area is 163 Å². The molecule has 0 aliphatic heterocycles. The van der Waals surface area contributed by atoms with Crippen LogP contribution in [0.1, 0.15) is 16.1 Å². The van der Waals surface area contributed by atoms with Crippen LogP contribution in [0.15, 0.2) is 74.3 Å². The van der Waals surface area contributed by atoms with Gasteiger partial charge in [0, 0.05) is 11.1 Å². The molecule has 0 saturated heterocycles. The van der Waals surface area contributed by atoms with E-state index in [1.54, 1.807) is 43.3 Å². The molecular weight excluding hydrogens is 376 g/mol. The summed E-state index contributed by atoms with van der Waals surface area (Å²) in [5.74, 6) is -1.30. The number of furan rings is 1. The zero-order valence-electron chi connectivity index (χ0n) is 15.2. The number of fused-ring (bicyclic) bond motifs is 1. The predicted molar refractivity (Wildman–Crippen MR) is 106 cm³/mol. The summed E-state index contributed by atoms with van der Waals surface area (Å²) in [6.45, 7) is 1.80. The van der Waals surface area contributed by atoms with Crippen LogP contribution in [-0.4, -0.2) is 10.8 Å². The molecule has 4 rings (SSSR count). The van der Waals surface area contributed by atoms with Gasteiger partial charge in [-0.1, -0.05) is 24.3 Å². The standard InChI is InChI=1S/C21H14N2O6/c1-12-10-14(22-20(24)18-8-9-19(28-18)23(26)27)6-7-15(12)16-11-13-4-2-3-5-17(13)29-21(16)25/h2-11H,1H3,(H,22,24). The SMILES string of the molecule is Cc1cc(NC(=O)c2ccc([N+](=O)[O-])o2)ccc1-c1cc2ccccc2oc1=O. The first-order valence-corrected chi connectivity index (χ1v) is 8.62. The van der Waals surface area contributed by atoms with Gasteiger partial charge in [-0.2, -0.15) is 0 Å². The van der Waals surface area contributed by atoms with Gasteiger partial charge >= 0.3 is 11.5 Å². The van der Waals surface area contributed by atoms with Crippen molar-refractivity contribution in [1.29, 1.82) is 0 Å². The molecular formula is C21H14N2O6. The Balaban J connectivity index is 1.63. The number of hydrogen-bond acceptors (Lipinski definition) is 6. The fraction of sp³-hybridized carbons (Fsp3) is 0.0476. The Kier molecular flexibility index (Phi) is 4.44. The van der Waals surface area contributed by atoms with E-state index in [-0.39, 0.29) is 5.76 Å². The molecule has 0 unspecified atom stereocenters. The molecule has 0 fully saturated rings. The molecule has 8 nitrogen and oxygen atoms in total. The molecule has 0 spiro atoms. The van der Waals surface area contributed by atoms with Crippen LogP contribution in [0.25, 0.3) is 22.1 Å². The van der Waals surface area contributed by atoms with Gasteiger partial charge in [0.1, 0.15) is 10.5 Å². The van der Waals surface area contributed by atoms with Crippen molar-refractivity contribution in [2.75, 3.05) is 5.32 Å². The first kappa shape index (κ1) is 18.2. The summed E-state index contributed by atoms with van der Waals surface area (Å²) in [6, 6.07) is 16.4. The van der Waals surface area contributed by atoms with Gasteiger partial charge < -0.3 is 14.2 Å². The number of amides is 1. The third-order valence-corrected chi connectivity index (χ3v) is 4.41. The maximum atomic E-state index is 12.4. The molecule has 0 aliphatic rings. The van der Waals surface area contributed by atoms with Crippen molar-refractivity contribution in [3.05, 3.63) is 92.5 Å². The number of hydrogen-bond donors (Lipinski definition) is 1. The normalized spacial score (nSPS) is 10.8. The lowest BCUT2D eigenvalue weighted by atomic mass is 10.0. The van der Waals surface area contributed by atoms with E-state index in [0.29, 0.717) is 22.4 Å². The number of nitrogens with one attached hydrogen (secondary N) is 1. The fourth-order valence-electron chi connectivity index (χ4n) is 3.03. The van der Waals surface area contributed by atoms with Crippen LogP contribution in [0.2, 0.25) is 0 Å². The van der Waals surface area contributed by atoms with Gasteiger partial charge in [-0.05, 0) is 48.4 Å². The van der Waals surface area contributed by atoms with E-state index >= 15 is 0 Å². The highest BCUT2D eigenvalue weighted by molar-refractivity contribution is 6.02. The zero-order chi connectivity index (χ0) is 20.5. The summed E-state index contributed by atoms with van der Waals surface area (Å²) in [4.78, 5) is 34.6. The van der Waals surface area contributed by atoms with Crippen LogP contribution in [0, 0.1) is 17.0 Å². The summed E-state index contributed by atoms with van der Waals surface area (Å²) in [7, 11) is 0. The van der Waals surface area contributed by atoms with Gasteiger partial charge in [0.15, 0.2) is 5.76 Å². The van der Waals surface area contributed by atoms with Crippen molar-refractivity contribution in [3.8, 4) is 11.1 Å². The van der Waals surface area contributed by atoms with E-state index in [2.05, 4.69) is 5.32 Å². The molecule has 1 amide bonds. The van der Waals surface area contributed by atoms with Crippen LogP contribution in [0.3, 0.4) is 0 Å². The summed E-state index contributed by atoms with van der Waals surface area (Å²) in [5, 5.41) is 14.1. The summed E-state index contributed by atoms with van der Waals surface area (Å²) >= 11 is 0. The number of rotatable bonds is 4. The molecule has 144 valence electrons. The number of nitrogens with zero attached hydrogens (tertiary/aromatic N) is 1. The number of benzene rings is 2. The molecule has 8 heteroatoms. The Hall–Kier alpha value is -4.20. The van der Waals surface area contributed by atoms with Gasteiger partial charge in [-0.15, -0.1) is 0 Å². The molecule has 0 aliphatic carbocycles. The third-order valence-electron chi connectivity index (χ3n) is 4.41. The molecule has 29 heavy (non-hydrogen) atoms. The monoisotopic (exact) mass is 390 g/mol. The minimum Gasteiger partial charge on any atom is -0.422 e. The maximum Gasteiger partial charge on any atom is 0.433 e. The quantitative estimate of drug-likeness (QED) is 0.311. The number of para-hydroxylation sites is 1. The summed E-state index contributed by atoms with van der Waals surface area (Å²) in [5.41, 5.74) is 2.36. The van der Waals surface area contributed by atoms with Crippen molar-refractivity contribution in [1.82, 2.24) is 0 Å². The van der Waals surface area contributed by atoms with E-state index in [0.717, 1.165) is 17.0 Å². The van der Waals surface area contributed by atoms with Crippen molar-refractivity contribution in [2.45, 2.75) is 6.92 Å². The number of aryl methyl sites for hydroxylation is 1. The molecule has 1 N–H and O–H groups in total. The first-order valence-electron chi connectivity index (χ1n) is 8.62. The van der Waals surface area contributed by atoms with Gasteiger partial charge in [-0.25, -0.2) is 4.79 Å².